The molecule has 1 aliphatic heterocycles. The Balaban J connectivity index is 1.55. The number of hydrogen-bond acceptors (Lipinski definition) is 4. The number of halogens is 1. The Labute approximate surface area is 145 Å². The number of aromatic nitrogens is 3. The number of H-pyrrole nitrogens is 1. The van der Waals surface area contributed by atoms with Crippen LogP contribution < -0.4 is 0 Å². The molecule has 3 aromatic rings. The first-order valence-corrected chi connectivity index (χ1v) is 8.31. The largest absolute Gasteiger partial charge is 0.378 e. The van der Waals surface area contributed by atoms with Gasteiger partial charge in [0, 0.05) is 25.5 Å². The molecule has 1 unspecified atom stereocenters. The number of aromatic amines is 1. The normalized spacial score (nSPS) is 18.4. The van der Waals surface area contributed by atoms with Gasteiger partial charge in [-0.05, 0) is 41.5 Å². The summed E-state index contributed by atoms with van der Waals surface area (Å²) in [4.78, 5) is 14.4. The lowest BCUT2D eigenvalue weighted by molar-refractivity contribution is -0.0156. The quantitative estimate of drug-likeness (QED) is 0.794. The molecule has 3 heterocycles. The molecule has 1 N–H and O–H groups in total. The van der Waals surface area contributed by atoms with Gasteiger partial charge in [-0.15, -0.1) is 0 Å². The van der Waals surface area contributed by atoms with Crippen LogP contribution in [0, 0.1) is 5.82 Å². The molecule has 0 radical (unpaired) electrons. The van der Waals surface area contributed by atoms with Gasteiger partial charge in [-0.3, -0.25) is 9.88 Å². The maximum Gasteiger partial charge on any atom is 0.126 e. The van der Waals surface area contributed by atoms with Crippen LogP contribution in [0.3, 0.4) is 0 Å². The van der Waals surface area contributed by atoms with Gasteiger partial charge in [-0.1, -0.05) is 6.07 Å². The summed E-state index contributed by atoms with van der Waals surface area (Å²) in [5.41, 5.74) is 2.96. The summed E-state index contributed by atoms with van der Waals surface area (Å²) in [5, 5.41) is 0. The third-order valence-corrected chi connectivity index (χ3v) is 4.41. The fourth-order valence-electron chi connectivity index (χ4n) is 3.09. The van der Waals surface area contributed by atoms with Crippen LogP contribution in [0.15, 0.2) is 55.0 Å². The fourth-order valence-corrected chi connectivity index (χ4v) is 3.09. The Bertz CT molecular complexity index is 819. The molecule has 0 saturated carbocycles. The second-order valence-electron chi connectivity index (χ2n) is 6.11. The van der Waals surface area contributed by atoms with Crippen LogP contribution in [-0.4, -0.2) is 39.6 Å². The number of ether oxygens (including phenoxy) is 1. The molecule has 1 aromatic carbocycles. The zero-order valence-electron chi connectivity index (χ0n) is 13.7. The number of pyridine rings is 1. The van der Waals surface area contributed by atoms with E-state index in [2.05, 4.69) is 25.9 Å². The molecule has 1 saturated heterocycles. The molecule has 1 aliphatic rings. The van der Waals surface area contributed by atoms with Crippen molar-refractivity contribution in [2.24, 2.45) is 0 Å². The summed E-state index contributed by atoms with van der Waals surface area (Å²) in [6.45, 7) is 2.94. The third-order valence-electron chi connectivity index (χ3n) is 4.41. The van der Waals surface area contributed by atoms with Crippen molar-refractivity contribution in [3.63, 3.8) is 0 Å². The molecule has 2 aromatic heterocycles. The van der Waals surface area contributed by atoms with E-state index in [4.69, 9.17) is 4.74 Å². The predicted molar refractivity (Wildman–Crippen MR) is 92.2 cm³/mol. The number of benzene rings is 1. The molecule has 25 heavy (non-hydrogen) atoms. The van der Waals surface area contributed by atoms with E-state index in [9.17, 15) is 4.39 Å². The van der Waals surface area contributed by atoms with Crippen LogP contribution in [0.5, 0.6) is 0 Å². The van der Waals surface area contributed by atoms with Crippen LogP contribution in [0.2, 0.25) is 0 Å². The molecule has 4 rings (SSSR count). The van der Waals surface area contributed by atoms with E-state index in [-0.39, 0.29) is 11.9 Å². The summed E-state index contributed by atoms with van der Waals surface area (Å²) in [6.07, 6.45) is 5.46. The van der Waals surface area contributed by atoms with E-state index in [0.29, 0.717) is 13.2 Å². The fraction of sp³-hybridized carbons (Fsp3) is 0.263. The summed E-state index contributed by atoms with van der Waals surface area (Å²) >= 11 is 0. The maximum absolute atomic E-state index is 13.1. The highest BCUT2D eigenvalue weighted by Gasteiger charge is 2.27. The first-order chi connectivity index (χ1) is 12.3. The summed E-state index contributed by atoms with van der Waals surface area (Å²) in [6, 6.07) is 10.5. The van der Waals surface area contributed by atoms with Gasteiger partial charge in [-0.2, -0.15) is 0 Å². The molecule has 6 heteroatoms. The summed E-state index contributed by atoms with van der Waals surface area (Å²) in [7, 11) is 0. The summed E-state index contributed by atoms with van der Waals surface area (Å²) in [5.74, 6) is 0.620. The lowest BCUT2D eigenvalue weighted by atomic mass is 10.1. The van der Waals surface area contributed by atoms with Crippen molar-refractivity contribution in [1.29, 1.82) is 0 Å². The third kappa shape index (κ3) is 3.60. The van der Waals surface area contributed by atoms with Gasteiger partial charge in [0.1, 0.15) is 11.6 Å². The van der Waals surface area contributed by atoms with E-state index in [1.165, 1.54) is 17.7 Å². The molecular formula is C19H19FN4O. The standard InChI is InChI=1S/C19H19FN4O/c20-16-5-3-15(4-6-16)17-11-22-19(23-17)18-13-25-9-8-24(18)12-14-2-1-7-21-10-14/h1-7,10-11,18H,8-9,12-13H2,(H,22,23). The first kappa shape index (κ1) is 15.9. The van der Waals surface area contributed by atoms with Crippen molar-refractivity contribution in [2.75, 3.05) is 19.8 Å². The zero-order valence-corrected chi connectivity index (χ0v) is 13.7. The Morgan fingerprint density at radius 3 is 2.88 bits per heavy atom. The SMILES string of the molecule is Fc1ccc(-c2cnc(C3COCCN3Cc3cccnc3)[nH]2)cc1. The second kappa shape index (κ2) is 7.13. The zero-order chi connectivity index (χ0) is 17.1. The van der Waals surface area contributed by atoms with E-state index in [0.717, 1.165) is 30.2 Å². The molecule has 0 aliphatic carbocycles. The lowest BCUT2D eigenvalue weighted by Gasteiger charge is -2.34. The van der Waals surface area contributed by atoms with Crippen molar-refractivity contribution in [1.82, 2.24) is 19.9 Å². The molecule has 128 valence electrons. The van der Waals surface area contributed by atoms with Gasteiger partial charge in [0.25, 0.3) is 0 Å². The molecule has 5 nitrogen and oxygen atoms in total. The van der Waals surface area contributed by atoms with Crippen LogP contribution in [0.25, 0.3) is 11.3 Å². The maximum atomic E-state index is 13.1. The lowest BCUT2D eigenvalue weighted by Crippen LogP contribution is -2.39. The molecule has 0 amide bonds. The number of nitrogens with one attached hydrogen (secondary N) is 1. The van der Waals surface area contributed by atoms with E-state index < -0.39 is 0 Å². The van der Waals surface area contributed by atoms with Crippen LogP contribution >= 0.6 is 0 Å². The van der Waals surface area contributed by atoms with Gasteiger partial charge in [0.05, 0.1) is 31.1 Å². The van der Waals surface area contributed by atoms with E-state index >= 15 is 0 Å². The molecule has 1 fully saturated rings. The summed E-state index contributed by atoms with van der Waals surface area (Å²) < 4.78 is 18.8. The average Bonchev–Trinajstić information content (AvgIpc) is 3.14. The van der Waals surface area contributed by atoms with Crippen LogP contribution in [0.4, 0.5) is 4.39 Å². The Morgan fingerprint density at radius 2 is 2.08 bits per heavy atom. The van der Waals surface area contributed by atoms with Gasteiger partial charge in [0.2, 0.25) is 0 Å². The van der Waals surface area contributed by atoms with Crippen molar-refractivity contribution in [3.8, 4) is 11.3 Å². The van der Waals surface area contributed by atoms with Crippen LogP contribution in [0.1, 0.15) is 17.4 Å². The monoisotopic (exact) mass is 338 g/mol. The highest BCUT2D eigenvalue weighted by Crippen LogP contribution is 2.26. The number of imidazole rings is 1. The van der Waals surface area contributed by atoms with Gasteiger partial charge >= 0.3 is 0 Å². The smallest absolute Gasteiger partial charge is 0.126 e. The van der Waals surface area contributed by atoms with Crippen molar-refractivity contribution < 1.29 is 9.13 Å². The average molecular weight is 338 g/mol. The molecule has 1 atom stereocenters. The predicted octanol–water partition coefficient (Wildman–Crippen LogP) is 3.18. The van der Waals surface area contributed by atoms with Crippen molar-refractivity contribution >= 4 is 0 Å². The molecule has 0 bridgehead atoms. The molecular weight excluding hydrogens is 319 g/mol. The minimum atomic E-state index is -0.244. The minimum Gasteiger partial charge on any atom is -0.378 e. The molecule has 0 spiro atoms. The Hall–Kier alpha value is -2.57. The van der Waals surface area contributed by atoms with Gasteiger partial charge in [-0.25, -0.2) is 9.37 Å². The highest BCUT2D eigenvalue weighted by atomic mass is 19.1. The van der Waals surface area contributed by atoms with Crippen molar-refractivity contribution in [2.45, 2.75) is 12.6 Å². The number of hydrogen-bond donors (Lipinski definition) is 1. The second-order valence-corrected chi connectivity index (χ2v) is 6.11. The Kier molecular flexibility index (Phi) is 4.54. The highest BCUT2D eigenvalue weighted by molar-refractivity contribution is 5.58. The number of rotatable bonds is 4. The van der Waals surface area contributed by atoms with Gasteiger partial charge in [0.15, 0.2) is 0 Å². The van der Waals surface area contributed by atoms with Crippen LogP contribution in [-0.2, 0) is 11.3 Å². The minimum absolute atomic E-state index is 0.0585. The van der Waals surface area contributed by atoms with E-state index in [1.54, 1.807) is 24.5 Å². The van der Waals surface area contributed by atoms with E-state index in [1.807, 2.05) is 12.3 Å². The topological polar surface area (TPSA) is 54.0 Å². The number of morpholine rings is 1. The first-order valence-electron chi connectivity index (χ1n) is 8.31. The number of nitrogens with zero attached hydrogens (tertiary/aromatic N) is 3. The Morgan fingerprint density at radius 1 is 1.20 bits per heavy atom. The van der Waals surface area contributed by atoms with Crippen molar-refractivity contribution in [3.05, 3.63) is 72.2 Å². The van der Waals surface area contributed by atoms with Gasteiger partial charge < -0.3 is 9.72 Å².